The van der Waals surface area contributed by atoms with E-state index in [4.69, 9.17) is 0 Å². The summed E-state index contributed by atoms with van der Waals surface area (Å²) >= 11 is 1.50. The van der Waals surface area contributed by atoms with Crippen LogP contribution in [0.2, 0.25) is 0 Å². The van der Waals surface area contributed by atoms with Crippen molar-refractivity contribution in [3.05, 3.63) is 47.5 Å². The van der Waals surface area contributed by atoms with Gasteiger partial charge < -0.3 is 15.4 Å². The van der Waals surface area contributed by atoms with Gasteiger partial charge in [0.2, 0.25) is 0 Å². The van der Waals surface area contributed by atoms with Crippen molar-refractivity contribution in [3.63, 3.8) is 0 Å². The Balaban J connectivity index is 0.000000665. The largest absolute Gasteiger partial charge is 0.373 e. The number of aromatic nitrogens is 3. The molecule has 12 heteroatoms. The molecular formula is C27H44F2N6O2S2. The van der Waals surface area contributed by atoms with Crippen molar-refractivity contribution < 1.29 is 17.8 Å². The first-order valence-corrected chi connectivity index (χ1v) is 15.2. The Hall–Kier alpha value is -2.44. The van der Waals surface area contributed by atoms with Crippen LogP contribution in [0.3, 0.4) is 0 Å². The van der Waals surface area contributed by atoms with E-state index in [2.05, 4.69) is 30.3 Å². The quantitative estimate of drug-likeness (QED) is 0.287. The SMILES string of the molecule is CC.CC.CC(C)S(=O)NC1NC(C(C)(C)C=O)=CS1.CCC(F)(F)c1cncc(-c2ccc(NC)nc2)n1. The highest BCUT2D eigenvalue weighted by atomic mass is 32.2. The average Bonchev–Trinajstić information content (AvgIpc) is 3.45. The Labute approximate surface area is 239 Å². The molecule has 0 aromatic carbocycles. The number of halogens is 2. The first-order chi connectivity index (χ1) is 18.4. The number of rotatable bonds is 9. The van der Waals surface area contributed by atoms with E-state index in [1.54, 1.807) is 25.4 Å². The molecule has 39 heavy (non-hydrogen) atoms. The topological polar surface area (TPSA) is 109 Å². The Morgan fingerprint density at radius 3 is 2.28 bits per heavy atom. The molecule has 0 saturated heterocycles. The predicted molar refractivity (Wildman–Crippen MR) is 161 cm³/mol. The Morgan fingerprint density at radius 2 is 1.79 bits per heavy atom. The summed E-state index contributed by atoms with van der Waals surface area (Å²) in [6, 6.07) is 3.51. The van der Waals surface area contributed by atoms with E-state index in [-0.39, 0.29) is 22.9 Å². The number of alkyl halides is 2. The van der Waals surface area contributed by atoms with E-state index in [1.807, 2.05) is 60.8 Å². The minimum Gasteiger partial charge on any atom is -0.373 e. The number of nitrogens with zero attached hydrogens (tertiary/aromatic N) is 3. The van der Waals surface area contributed by atoms with E-state index in [0.717, 1.165) is 18.2 Å². The molecule has 2 aromatic heterocycles. The van der Waals surface area contributed by atoms with Gasteiger partial charge in [-0.05, 0) is 45.2 Å². The van der Waals surface area contributed by atoms with Crippen LogP contribution in [0.1, 0.15) is 74.4 Å². The number of aldehydes is 1. The Morgan fingerprint density at radius 1 is 1.15 bits per heavy atom. The lowest BCUT2D eigenvalue weighted by molar-refractivity contribution is -0.113. The van der Waals surface area contributed by atoms with Crippen molar-refractivity contribution in [2.45, 2.75) is 85.4 Å². The smallest absolute Gasteiger partial charge is 0.290 e. The molecule has 2 unspecified atom stereocenters. The van der Waals surface area contributed by atoms with Crippen molar-refractivity contribution in [1.82, 2.24) is 25.0 Å². The van der Waals surface area contributed by atoms with Crippen LogP contribution in [0.15, 0.2) is 41.8 Å². The number of allylic oxidation sites excluding steroid dienone is 1. The molecule has 0 aliphatic carbocycles. The second-order valence-corrected chi connectivity index (χ2v) is 11.3. The third kappa shape index (κ3) is 11.7. The molecule has 2 atom stereocenters. The molecule has 0 saturated carbocycles. The minimum absolute atomic E-state index is 0.0746. The van der Waals surface area contributed by atoms with Gasteiger partial charge in [0.25, 0.3) is 5.92 Å². The fraction of sp³-hybridized carbons (Fsp3) is 0.556. The maximum absolute atomic E-state index is 13.6. The third-order valence-electron chi connectivity index (χ3n) is 5.02. The van der Waals surface area contributed by atoms with Gasteiger partial charge in [-0.15, -0.1) is 0 Å². The van der Waals surface area contributed by atoms with Crippen LogP contribution in [0.5, 0.6) is 0 Å². The first-order valence-electron chi connectivity index (χ1n) is 13.0. The summed E-state index contributed by atoms with van der Waals surface area (Å²) in [7, 11) is 0.694. The summed E-state index contributed by atoms with van der Waals surface area (Å²) in [6.07, 6.45) is 4.73. The molecule has 0 fully saturated rings. The molecule has 1 aliphatic rings. The van der Waals surface area contributed by atoms with Gasteiger partial charge in [-0.25, -0.2) is 18.9 Å². The standard InChI is InChI=1S/C13H14F2N4.C10H18N2O2S2.2C2H6/c1-3-13(14,15)11-8-17-7-10(19-11)9-4-5-12(16-2)18-6-9;1-7(2)16(14)12-9-11-8(5-15-9)10(3,4)6-13;2*1-2/h4-8H,3H2,1-2H3,(H,16,18);5-7,9,11-12H,1-4H3;2*1-2H3. The first kappa shape index (κ1) is 36.6. The molecular weight excluding hydrogens is 542 g/mol. The maximum atomic E-state index is 13.6. The maximum Gasteiger partial charge on any atom is 0.290 e. The molecule has 3 N–H and O–H groups in total. The van der Waals surface area contributed by atoms with Crippen molar-refractivity contribution in [3.8, 4) is 11.3 Å². The Bertz CT molecular complexity index is 1050. The summed E-state index contributed by atoms with van der Waals surface area (Å²) in [5.41, 5.74) is 0.970. The molecule has 3 rings (SSSR count). The zero-order valence-electron chi connectivity index (χ0n) is 24.6. The zero-order chi connectivity index (χ0) is 30.2. The van der Waals surface area contributed by atoms with Gasteiger partial charge in [0, 0.05) is 36.2 Å². The van der Waals surface area contributed by atoms with Crippen molar-refractivity contribution in [1.29, 1.82) is 0 Å². The second kappa shape index (κ2) is 18.0. The average molecular weight is 587 g/mol. The number of anilines is 1. The lowest BCUT2D eigenvalue weighted by Gasteiger charge is -2.22. The van der Waals surface area contributed by atoms with Crippen molar-refractivity contribution in [2.24, 2.45) is 5.41 Å². The number of nitrogens with one attached hydrogen (secondary N) is 3. The number of carbonyl (C=O) groups is 1. The van der Waals surface area contributed by atoms with E-state index in [0.29, 0.717) is 17.1 Å². The van der Waals surface area contributed by atoms with E-state index >= 15 is 0 Å². The third-order valence-corrected chi connectivity index (χ3v) is 7.37. The lowest BCUT2D eigenvalue weighted by atomic mass is 9.92. The summed E-state index contributed by atoms with van der Waals surface area (Å²) in [5, 5.41) is 8.02. The monoisotopic (exact) mass is 586 g/mol. The normalized spacial score (nSPS) is 15.2. The van der Waals surface area contributed by atoms with Crippen LogP contribution in [0, 0.1) is 5.41 Å². The van der Waals surface area contributed by atoms with Crippen molar-refractivity contribution in [2.75, 3.05) is 12.4 Å². The molecule has 3 heterocycles. The van der Waals surface area contributed by atoms with Gasteiger partial charge >= 0.3 is 0 Å². The second-order valence-electron chi connectivity index (χ2n) is 8.53. The van der Waals surface area contributed by atoms with Gasteiger partial charge in [0.05, 0.1) is 34.5 Å². The molecule has 8 nitrogen and oxygen atoms in total. The highest BCUT2D eigenvalue weighted by molar-refractivity contribution is 8.03. The van der Waals surface area contributed by atoms with E-state index < -0.39 is 22.3 Å². The van der Waals surface area contributed by atoms with Crippen LogP contribution in [-0.2, 0) is 21.7 Å². The highest BCUT2D eigenvalue weighted by Crippen LogP contribution is 2.31. The van der Waals surface area contributed by atoms with Gasteiger partial charge in [-0.1, -0.05) is 46.4 Å². The number of carbonyl (C=O) groups excluding carboxylic acids is 1. The number of hydrogen-bond donors (Lipinski definition) is 3. The fourth-order valence-electron chi connectivity index (χ4n) is 2.60. The molecule has 0 amide bonds. The molecule has 0 bridgehead atoms. The highest BCUT2D eigenvalue weighted by Gasteiger charge is 2.31. The molecule has 0 spiro atoms. The van der Waals surface area contributed by atoms with E-state index in [9.17, 15) is 17.8 Å². The van der Waals surface area contributed by atoms with Gasteiger partial charge in [0.15, 0.2) is 0 Å². The van der Waals surface area contributed by atoms with Crippen LogP contribution in [0.4, 0.5) is 14.6 Å². The van der Waals surface area contributed by atoms with Crippen LogP contribution in [-0.4, -0.2) is 43.2 Å². The number of pyridine rings is 1. The summed E-state index contributed by atoms with van der Waals surface area (Å²) in [4.78, 5) is 22.8. The van der Waals surface area contributed by atoms with Crippen LogP contribution >= 0.6 is 11.8 Å². The predicted octanol–water partition coefficient (Wildman–Crippen LogP) is 6.47. The van der Waals surface area contributed by atoms with Gasteiger partial charge in [0.1, 0.15) is 23.3 Å². The van der Waals surface area contributed by atoms with Crippen LogP contribution < -0.4 is 15.4 Å². The van der Waals surface area contributed by atoms with Crippen molar-refractivity contribution >= 4 is 34.9 Å². The van der Waals surface area contributed by atoms with E-state index in [1.165, 1.54) is 24.9 Å². The summed E-state index contributed by atoms with van der Waals surface area (Å²) in [6.45, 7) is 16.9. The summed E-state index contributed by atoms with van der Waals surface area (Å²) < 4.78 is 41.7. The van der Waals surface area contributed by atoms with Gasteiger partial charge in [-0.3, -0.25) is 4.98 Å². The number of hydrogen-bond acceptors (Lipinski definition) is 8. The summed E-state index contributed by atoms with van der Waals surface area (Å²) in [5.74, 6) is -2.26. The molecule has 2 aromatic rings. The minimum atomic E-state index is -2.96. The fourth-order valence-corrected chi connectivity index (χ4v) is 4.49. The number of thioether (sulfide) groups is 1. The van der Waals surface area contributed by atoms with Crippen LogP contribution in [0.25, 0.3) is 11.3 Å². The Kier molecular flexibility index (Phi) is 16.9. The molecule has 1 aliphatic heterocycles. The molecule has 220 valence electrons. The van der Waals surface area contributed by atoms with Gasteiger partial charge in [-0.2, -0.15) is 8.78 Å². The lowest BCUT2D eigenvalue weighted by Crippen LogP contribution is -2.41. The molecule has 0 radical (unpaired) electrons. The zero-order valence-corrected chi connectivity index (χ0v) is 26.3.